The van der Waals surface area contributed by atoms with E-state index in [0.717, 1.165) is 58.2 Å². The van der Waals surface area contributed by atoms with Gasteiger partial charge in [-0.25, -0.2) is 4.99 Å². The number of aryl methyl sites for hydroxylation is 1. The molecule has 0 bridgehead atoms. The summed E-state index contributed by atoms with van der Waals surface area (Å²) in [5.74, 6) is 0.884. The summed E-state index contributed by atoms with van der Waals surface area (Å²) in [4.78, 5) is 8.76. The Hall–Kier alpha value is -3.05. The number of nitrogens with one attached hydrogen (secondary N) is 1. The van der Waals surface area contributed by atoms with E-state index in [2.05, 4.69) is 31.6 Å². The molecule has 3 unspecified atom stereocenters. The average Bonchev–Trinajstić information content (AvgIpc) is 3.42. The highest BCUT2D eigenvalue weighted by molar-refractivity contribution is 7.99. The summed E-state index contributed by atoms with van der Waals surface area (Å²) in [6, 6.07) is 10.1. The Bertz CT molecular complexity index is 1500. The van der Waals surface area contributed by atoms with Crippen LogP contribution in [-0.4, -0.2) is 49.7 Å². The maximum absolute atomic E-state index is 13.5. The molecule has 0 amide bonds. The molecule has 6 rings (SSSR count). The minimum absolute atomic E-state index is 0. The van der Waals surface area contributed by atoms with Crippen LogP contribution in [-0.2, 0) is 11.8 Å². The second-order valence-electron chi connectivity index (χ2n) is 10.3. The number of benzene rings is 1. The predicted molar refractivity (Wildman–Crippen MR) is 152 cm³/mol. The second kappa shape index (κ2) is 11.1. The molecule has 2 aliphatic heterocycles. The van der Waals surface area contributed by atoms with Gasteiger partial charge in [-0.05, 0) is 74.9 Å². The van der Waals surface area contributed by atoms with Gasteiger partial charge in [0.15, 0.2) is 11.0 Å². The van der Waals surface area contributed by atoms with E-state index in [0.29, 0.717) is 18.7 Å². The van der Waals surface area contributed by atoms with E-state index in [1.54, 1.807) is 30.1 Å². The molecule has 212 valence electrons. The van der Waals surface area contributed by atoms with E-state index in [-0.39, 0.29) is 24.2 Å². The van der Waals surface area contributed by atoms with Gasteiger partial charge in [0.2, 0.25) is 0 Å². The molecule has 3 aliphatic rings. The SMILES string of the molecule is Cc1ccc2c(-c3nnc(SCCCC4CNC=CC56N=C(C(F)(F)F)OC5=CCCC46)n3C)cccc2n1.Cl. The van der Waals surface area contributed by atoms with Gasteiger partial charge in [0, 0.05) is 36.0 Å². The van der Waals surface area contributed by atoms with E-state index < -0.39 is 17.6 Å². The molecule has 0 fully saturated rings. The molecule has 4 heterocycles. The van der Waals surface area contributed by atoms with Gasteiger partial charge >= 0.3 is 6.18 Å². The zero-order valence-corrected chi connectivity index (χ0v) is 23.7. The van der Waals surface area contributed by atoms with Gasteiger partial charge in [-0.2, -0.15) is 13.2 Å². The van der Waals surface area contributed by atoms with Crippen LogP contribution < -0.4 is 5.32 Å². The summed E-state index contributed by atoms with van der Waals surface area (Å²) in [5, 5.41) is 14.0. The molecule has 0 saturated carbocycles. The molecule has 3 atom stereocenters. The lowest BCUT2D eigenvalue weighted by atomic mass is 9.69. The molecule has 1 aromatic carbocycles. The van der Waals surface area contributed by atoms with Crippen LogP contribution in [0, 0.1) is 18.8 Å². The fourth-order valence-electron chi connectivity index (χ4n) is 5.96. The molecular formula is C28H30ClF3N6OS. The summed E-state index contributed by atoms with van der Waals surface area (Å²) in [6.45, 7) is 2.67. The Morgan fingerprint density at radius 1 is 1.20 bits per heavy atom. The first kappa shape index (κ1) is 28.5. The minimum Gasteiger partial charge on any atom is -0.437 e. The van der Waals surface area contributed by atoms with Crippen molar-refractivity contribution >= 4 is 41.0 Å². The smallest absolute Gasteiger partial charge is 0.437 e. The van der Waals surface area contributed by atoms with Crippen molar-refractivity contribution in [3.63, 3.8) is 0 Å². The molecule has 1 aliphatic carbocycles. The summed E-state index contributed by atoms with van der Waals surface area (Å²) in [6.07, 6.45) is 3.85. The topological polar surface area (TPSA) is 77.2 Å². The van der Waals surface area contributed by atoms with Gasteiger partial charge in [0.1, 0.15) is 11.3 Å². The summed E-state index contributed by atoms with van der Waals surface area (Å²) >= 11 is 1.64. The van der Waals surface area contributed by atoms with Crippen molar-refractivity contribution in [2.24, 2.45) is 23.9 Å². The molecule has 3 aromatic rings. The molecule has 7 nitrogen and oxygen atoms in total. The lowest BCUT2D eigenvalue weighted by molar-refractivity contribution is -0.0730. The average molecular weight is 591 g/mol. The highest BCUT2D eigenvalue weighted by atomic mass is 35.5. The van der Waals surface area contributed by atoms with Gasteiger partial charge in [-0.1, -0.05) is 30.0 Å². The number of ether oxygens (including phenoxy) is 1. The van der Waals surface area contributed by atoms with Crippen LogP contribution in [0.4, 0.5) is 13.2 Å². The van der Waals surface area contributed by atoms with Crippen LogP contribution in [0.5, 0.6) is 0 Å². The van der Waals surface area contributed by atoms with Crippen molar-refractivity contribution in [1.82, 2.24) is 25.1 Å². The fraction of sp³-hybridized carbons (Fsp3) is 0.429. The van der Waals surface area contributed by atoms with Gasteiger partial charge in [-0.15, -0.1) is 22.6 Å². The van der Waals surface area contributed by atoms with Crippen LogP contribution in [0.25, 0.3) is 22.3 Å². The molecule has 12 heteroatoms. The van der Waals surface area contributed by atoms with E-state index in [1.807, 2.05) is 42.8 Å². The van der Waals surface area contributed by atoms with Gasteiger partial charge in [-0.3, -0.25) is 4.98 Å². The number of aromatic nitrogens is 4. The fourth-order valence-corrected chi connectivity index (χ4v) is 6.84. The minimum atomic E-state index is -4.60. The maximum Gasteiger partial charge on any atom is 0.468 e. The number of thioether (sulfide) groups is 1. The third kappa shape index (κ3) is 5.09. The Balaban J connectivity index is 0.00000323. The third-order valence-corrected chi connectivity index (χ3v) is 8.91. The monoisotopic (exact) mass is 590 g/mol. The van der Waals surface area contributed by atoms with E-state index in [9.17, 15) is 13.2 Å². The molecule has 1 spiro atoms. The quantitative estimate of drug-likeness (QED) is 0.265. The van der Waals surface area contributed by atoms with E-state index >= 15 is 0 Å². The summed E-state index contributed by atoms with van der Waals surface area (Å²) in [5.41, 5.74) is 1.80. The Labute approximate surface area is 240 Å². The number of rotatable bonds is 6. The highest BCUT2D eigenvalue weighted by Gasteiger charge is 2.56. The first-order chi connectivity index (χ1) is 18.8. The molecular weight excluding hydrogens is 561 g/mol. The lowest BCUT2D eigenvalue weighted by Crippen LogP contribution is -2.41. The number of hydrogen-bond donors (Lipinski definition) is 1. The second-order valence-corrected chi connectivity index (χ2v) is 11.3. The maximum atomic E-state index is 13.5. The largest absolute Gasteiger partial charge is 0.468 e. The third-order valence-electron chi connectivity index (χ3n) is 7.80. The van der Waals surface area contributed by atoms with E-state index in [1.165, 1.54) is 0 Å². The van der Waals surface area contributed by atoms with Gasteiger partial charge in [0.25, 0.3) is 5.90 Å². The van der Waals surface area contributed by atoms with Crippen molar-refractivity contribution in [2.45, 2.75) is 49.5 Å². The van der Waals surface area contributed by atoms with Crippen LogP contribution in [0.1, 0.15) is 31.4 Å². The molecule has 2 aromatic heterocycles. The Morgan fingerprint density at radius 2 is 2.05 bits per heavy atom. The molecule has 0 radical (unpaired) electrons. The zero-order chi connectivity index (χ0) is 27.2. The van der Waals surface area contributed by atoms with Crippen LogP contribution in [0.15, 0.2) is 64.6 Å². The lowest BCUT2D eigenvalue weighted by Gasteiger charge is -2.38. The van der Waals surface area contributed by atoms with Crippen molar-refractivity contribution in [2.75, 3.05) is 12.3 Å². The summed E-state index contributed by atoms with van der Waals surface area (Å²) < 4.78 is 47.6. The van der Waals surface area contributed by atoms with Crippen LogP contribution in [0.2, 0.25) is 0 Å². The number of pyridine rings is 1. The number of nitrogens with zero attached hydrogens (tertiary/aromatic N) is 5. The standard InChI is InChI=1S/C28H29F3N6OS.ClH/c1-17-11-12-19-20(7-3-9-22(19)33-17)24-35-36-26(37(24)2)39-15-5-6-18-16-32-14-13-27-21(18)8-4-10-23(27)38-25(34-27)28(29,30)31;/h3,7,9-14,18,21,32H,4-6,8,15-16H2,1-2H3;1H. The van der Waals surface area contributed by atoms with Crippen LogP contribution in [0.3, 0.4) is 0 Å². The zero-order valence-electron chi connectivity index (χ0n) is 22.1. The molecule has 0 saturated heterocycles. The van der Waals surface area contributed by atoms with E-state index in [4.69, 9.17) is 4.74 Å². The van der Waals surface area contributed by atoms with Crippen LogP contribution >= 0.6 is 24.2 Å². The van der Waals surface area contributed by atoms with Crippen molar-refractivity contribution in [3.8, 4) is 11.4 Å². The normalized spacial score (nSPS) is 23.7. The first-order valence-electron chi connectivity index (χ1n) is 13.1. The van der Waals surface area contributed by atoms with Gasteiger partial charge in [0.05, 0.1) is 5.52 Å². The number of hydrogen-bond acceptors (Lipinski definition) is 7. The molecule has 1 N–H and O–H groups in total. The first-order valence-corrected chi connectivity index (χ1v) is 14.1. The Morgan fingerprint density at radius 3 is 2.88 bits per heavy atom. The Kier molecular flexibility index (Phi) is 7.89. The number of alkyl halides is 3. The van der Waals surface area contributed by atoms with Gasteiger partial charge < -0.3 is 14.6 Å². The predicted octanol–water partition coefficient (Wildman–Crippen LogP) is 6.39. The summed E-state index contributed by atoms with van der Waals surface area (Å²) in [7, 11) is 1.97. The highest BCUT2D eigenvalue weighted by Crippen LogP contribution is 2.50. The number of aliphatic imine (C=N–C) groups is 1. The van der Waals surface area contributed by atoms with Crippen molar-refractivity contribution in [1.29, 1.82) is 0 Å². The van der Waals surface area contributed by atoms with Crippen molar-refractivity contribution < 1.29 is 17.9 Å². The number of halogens is 4. The number of fused-ring (bicyclic) bond motifs is 1. The number of allylic oxidation sites excluding steroid dienone is 1. The molecule has 40 heavy (non-hydrogen) atoms. The van der Waals surface area contributed by atoms with Crippen molar-refractivity contribution in [3.05, 3.63) is 60.1 Å².